The molecule has 0 aliphatic carbocycles. The largest absolute Gasteiger partial charge is 0.507 e. The summed E-state index contributed by atoms with van der Waals surface area (Å²) in [5.74, 6) is 0.229. The molecule has 1 N–H and O–H groups in total. The highest BCUT2D eigenvalue weighted by atomic mass is 32.1. The molecule has 2 aromatic heterocycles. The first kappa shape index (κ1) is 12.1. The van der Waals surface area contributed by atoms with Crippen LogP contribution in [0, 0.1) is 0 Å². The number of aromatic hydroxyl groups is 1. The molecule has 0 amide bonds. The van der Waals surface area contributed by atoms with Gasteiger partial charge in [0.1, 0.15) is 5.75 Å². The van der Waals surface area contributed by atoms with Gasteiger partial charge in [0, 0.05) is 11.8 Å². The zero-order valence-electron chi connectivity index (χ0n) is 11.0. The minimum Gasteiger partial charge on any atom is -0.507 e. The lowest BCUT2D eigenvalue weighted by molar-refractivity contribution is 0.477. The highest BCUT2D eigenvalue weighted by Crippen LogP contribution is 2.29. The van der Waals surface area contributed by atoms with E-state index in [1.54, 1.807) is 28.2 Å². The average Bonchev–Trinajstić information content (AvgIpc) is 3.14. The SMILES string of the molecule is Oc1ccccc1-c1ccn(-c2nc3ccccc3s2)n1. The van der Waals surface area contributed by atoms with Crippen molar-refractivity contribution in [3.8, 4) is 22.1 Å². The van der Waals surface area contributed by atoms with Gasteiger partial charge in [-0.15, -0.1) is 0 Å². The van der Waals surface area contributed by atoms with Crippen molar-refractivity contribution in [3.05, 3.63) is 60.8 Å². The summed E-state index contributed by atoms with van der Waals surface area (Å²) in [5.41, 5.74) is 2.42. The van der Waals surface area contributed by atoms with Crippen molar-refractivity contribution in [1.82, 2.24) is 14.8 Å². The number of hydrogen-bond acceptors (Lipinski definition) is 4. The minimum atomic E-state index is 0.229. The molecule has 4 rings (SSSR count). The summed E-state index contributed by atoms with van der Waals surface area (Å²) in [6, 6.07) is 17.1. The number of hydrogen-bond donors (Lipinski definition) is 1. The second-order valence-electron chi connectivity index (χ2n) is 4.63. The van der Waals surface area contributed by atoms with Crippen molar-refractivity contribution in [2.24, 2.45) is 0 Å². The third kappa shape index (κ3) is 2.08. The number of aromatic nitrogens is 3. The van der Waals surface area contributed by atoms with Gasteiger partial charge in [0.25, 0.3) is 0 Å². The number of thiazole rings is 1. The fourth-order valence-electron chi connectivity index (χ4n) is 2.22. The molecule has 0 saturated heterocycles. The van der Waals surface area contributed by atoms with Crippen molar-refractivity contribution < 1.29 is 5.11 Å². The van der Waals surface area contributed by atoms with Gasteiger partial charge in [-0.25, -0.2) is 9.67 Å². The molecule has 0 saturated carbocycles. The van der Waals surface area contributed by atoms with Crippen LogP contribution in [0.4, 0.5) is 0 Å². The van der Waals surface area contributed by atoms with Gasteiger partial charge >= 0.3 is 0 Å². The van der Waals surface area contributed by atoms with Crippen LogP contribution >= 0.6 is 11.3 Å². The molecule has 2 aromatic carbocycles. The van der Waals surface area contributed by atoms with E-state index >= 15 is 0 Å². The van der Waals surface area contributed by atoms with Crippen molar-refractivity contribution in [2.75, 3.05) is 0 Å². The molecule has 0 radical (unpaired) electrons. The molecule has 4 aromatic rings. The first-order valence-corrected chi connectivity index (χ1v) is 7.33. The molecular formula is C16H11N3OS. The average molecular weight is 293 g/mol. The number of phenols is 1. The Morgan fingerprint density at radius 3 is 2.62 bits per heavy atom. The monoisotopic (exact) mass is 293 g/mol. The predicted octanol–water partition coefficient (Wildman–Crippen LogP) is 3.85. The standard InChI is InChI=1S/C16H11N3OS/c20-14-7-3-1-5-11(14)12-9-10-19(18-12)16-17-13-6-2-4-8-15(13)21-16/h1-10,20H. The Labute approximate surface area is 124 Å². The van der Waals surface area contributed by atoms with E-state index in [2.05, 4.69) is 10.1 Å². The van der Waals surface area contributed by atoms with Crippen LogP contribution in [-0.2, 0) is 0 Å². The molecule has 0 aliphatic heterocycles. The van der Waals surface area contributed by atoms with E-state index < -0.39 is 0 Å². The van der Waals surface area contributed by atoms with Gasteiger partial charge in [0.15, 0.2) is 0 Å². The number of fused-ring (bicyclic) bond motifs is 1. The fraction of sp³-hybridized carbons (Fsp3) is 0. The number of para-hydroxylation sites is 2. The zero-order valence-corrected chi connectivity index (χ0v) is 11.8. The molecule has 2 heterocycles. The van der Waals surface area contributed by atoms with E-state index in [9.17, 15) is 5.11 Å². The Kier molecular flexibility index (Phi) is 2.72. The summed E-state index contributed by atoms with van der Waals surface area (Å²) in [7, 11) is 0. The van der Waals surface area contributed by atoms with Gasteiger partial charge in [-0.1, -0.05) is 35.6 Å². The molecular weight excluding hydrogens is 282 g/mol. The lowest BCUT2D eigenvalue weighted by Crippen LogP contribution is -1.93. The molecule has 0 fully saturated rings. The highest BCUT2D eigenvalue weighted by molar-refractivity contribution is 7.20. The van der Waals surface area contributed by atoms with Crippen LogP contribution in [0.1, 0.15) is 0 Å². The molecule has 5 heteroatoms. The van der Waals surface area contributed by atoms with Gasteiger partial charge in [0.05, 0.1) is 15.9 Å². The molecule has 0 atom stereocenters. The zero-order chi connectivity index (χ0) is 14.2. The Hall–Kier alpha value is -2.66. The van der Waals surface area contributed by atoms with Crippen LogP contribution < -0.4 is 0 Å². The van der Waals surface area contributed by atoms with Crippen LogP contribution in [0.5, 0.6) is 5.75 Å². The summed E-state index contributed by atoms with van der Waals surface area (Å²) in [6.07, 6.45) is 1.86. The lowest BCUT2D eigenvalue weighted by Gasteiger charge is -1.99. The van der Waals surface area contributed by atoms with E-state index in [0.717, 1.165) is 26.6 Å². The molecule has 21 heavy (non-hydrogen) atoms. The number of nitrogens with zero attached hydrogens (tertiary/aromatic N) is 3. The van der Waals surface area contributed by atoms with Gasteiger partial charge in [-0.2, -0.15) is 5.10 Å². The van der Waals surface area contributed by atoms with Gasteiger partial charge < -0.3 is 5.11 Å². The normalized spacial score (nSPS) is 11.0. The smallest absolute Gasteiger partial charge is 0.211 e. The van der Waals surface area contributed by atoms with Crippen molar-refractivity contribution in [3.63, 3.8) is 0 Å². The van der Waals surface area contributed by atoms with E-state index in [1.807, 2.05) is 48.7 Å². The van der Waals surface area contributed by atoms with Crippen LogP contribution in [0.15, 0.2) is 60.8 Å². The van der Waals surface area contributed by atoms with E-state index in [-0.39, 0.29) is 5.75 Å². The number of phenolic OH excluding ortho intramolecular Hbond substituents is 1. The van der Waals surface area contributed by atoms with Crippen molar-refractivity contribution in [2.45, 2.75) is 0 Å². The molecule has 0 bridgehead atoms. The second-order valence-corrected chi connectivity index (χ2v) is 5.64. The molecule has 0 unspecified atom stereocenters. The van der Waals surface area contributed by atoms with Gasteiger partial charge in [0.2, 0.25) is 5.13 Å². The Balaban J connectivity index is 1.79. The Bertz CT molecular complexity index is 893. The highest BCUT2D eigenvalue weighted by Gasteiger charge is 2.10. The second kappa shape index (κ2) is 4.71. The third-order valence-electron chi connectivity index (χ3n) is 3.25. The maximum absolute atomic E-state index is 9.90. The summed E-state index contributed by atoms with van der Waals surface area (Å²) >= 11 is 1.59. The fourth-order valence-corrected chi connectivity index (χ4v) is 3.12. The van der Waals surface area contributed by atoms with Crippen LogP contribution in [0.2, 0.25) is 0 Å². The minimum absolute atomic E-state index is 0.229. The topological polar surface area (TPSA) is 50.9 Å². The number of benzene rings is 2. The van der Waals surface area contributed by atoms with Crippen LogP contribution in [0.3, 0.4) is 0 Å². The summed E-state index contributed by atoms with van der Waals surface area (Å²) in [4.78, 5) is 4.57. The quantitative estimate of drug-likeness (QED) is 0.610. The summed E-state index contributed by atoms with van der Waals surface area (Å²) < 4.78 is 2.87. The first-order valence-electron chi connectivity index (χ1n) is 6.51. The van der Waals surface area contributed by atoms with Crippen LogP contribution in [0.25, 0.3) is 26.6 Å². The molecule has 102 valence electrons. The third-order valence-corrected chi connectivity index (χ3v) is 4.27. The van der Waals surface area contributed by atoms with E-state index in [4.69, 9.17) is 0 Å². The molecule has 4 nitrogen and oxygen atoms in total. The van der Waals surface area contributed by atoms with E-state index in [0.29, 0.717) is 0 Å². The van der Waals surface area contributed by atoms with Gasteiger partial charge in [-0.3, -0.25) is 0 Å². The summed E-state index contributed by atoms with van der Waals surface area (Å²) in [6.45, 7) is 0. The maximum atomic E-state index is 9.90. The van der Waals surface area contributed by atoms with E-state index in [1.165, 1.54) is 0 Å². The maximum Gasteiger partial charge on any atom is 0.211 e. The number of rotatable bonds is 2. The summed E-state index contributed by atoms with van der Waals surface area (Å²) in [5, 5.41) is 15.2. The van der Waals surface area contributed by atoms with Crippen molar-refractivity contribution >= 4 is 21.6 Å². The van der Waals surface area contributed by atoms with Gasteiger partial charge in [-0.05, 0) is 30.3 Å². The lowest BCUT2D eigenvalue weighted by atomic mass is 10.1. The Morgan fingerprint density at radius 2 is 1.76 bits per heavy atom. The molecule has 0 spiro atoms. The van der Waals surface area contributed by atoms with Crippen molar-refractivity contribution in [1.29, 1.82) is 0 Å². The predicted molar refractivity (Wildman–Crippen MR) is 83.8 cm³/mol. The molecule has 0 aliphatic rings. The van der Waals surface area contributed by atoms with Crippen LogP contribution in [-0.4, -0.2) is 19.9 Å². The Morgan fingerprint density at radius 1 is 0.952 bits per heavy atom. The first-order chi connectivity index (χ1) is 10.3.